The Morgan fingerprint density at radius 3 is 2.32 bits per heavy atom. The third-order valence-corrected chi connectivity index (χ3v) is 4.61. The molecule has 0 saturated heterocycles. The first-order valence-electron chi connectivity index (χ1n) is 9.78. The van der Waals surface area contributed by atoms with E-state index >= 15 is 0 Å². The third-order valence-electron chi connectivity index (χ3n) is 4.61. The van der Waals surface area contributed by atoms with Crippen LogP contribution in [0, 0.1) is 0 Å². The van der Waals surface area contributed by atoms with E-state index in [2.05, 4.69) is 15.7 Å². The molecule has 2 aromatic carbocycles. The number of nitrogens with zero attached hydrogens (tertiary/aromatic N) is 2. The van der Waals surface area contributed by atoms with Crippen LogP contribution in [-0.2, 0) is 4.79 Å². The number of carbonyl (C=O) groups is 3. The fraction of sp³-hybridized carbons (Fsp3) is 0.227. The van der Waals surface area contributed by atoms with Gasteiger partial charge < -0.3 is 16.4 Å². The molecule has 4 N–H and O–H groups in total. The summed E-state index contributed by atoms with van der Waals surface area (Å²) in [5.41, 5.74) is 5.38. The summed E-state index contributed by atoms with van der Waals surface area (Å²) in [5, 5.41) is 10.4. The summed E-state index contributed by atoms with van der Waals surface area (Å²) in [6.07, 6.45) is 0.00687. The summed E-state index contributed by atoms with van der Waals surface area (Å²) in [6, 6.07) is 13.0. The van der Waals surface area contributed by atoms with Gasteiger partial charge in [0.2, 0.25) is 5.91 Å². The van der Waals surface area contributed by atoms with Crippen LogP contribution >= 0.6 is 0 Å². The minimum Gasteiger partial charge on any atom is -0.370 e. The molecule has 9 nitrogen and oxygen atoms in total. The fourth-order valence-corrected chi connectivity index (χ4v) is 3.09. The number of nitrogens with one attached hydrogen (secondary N) is 2. The predicted octanol–water partition coefficient (Wildman–Crippen LogP) is 1.83. The second kappa shape index (κ2) is 9.21. The van der Waals surface area contributed by atoms with E-state index in [1.807, 2.05) is 0 Å². The van der Waals surface area contributed by atoms with Crippen molar-refractivity contribution < 1.29 is 14.4 Å². The van der Waals surface area contributed by atoms with Crippen LogP contribution in [0.1, 0.15) is 47.2 Å². The van der Waals surface area contributed by atoms with E-state index in [1.54, 1.807) is 62.4 Å². The summed E-state index contributed by atoms with van der Waals surface area (Å²) in [4.78, 5) is 49.2. The number of anilines is 1. The van der Waals surface area contributed by atoms with Crippen LogP contribution in [0.5, 0.6) is 0 Å². The molecule has 1 heterocycles. The second-order valence-corrected chi connectivity index (χ2v) is 7.21. The molecule has 0 unspecified atom stereocenters. The summed E-state index contributed by atoms with van der Waals surface area (Å²) in [6.45, 7) is 3.69. The molecule has 3 aromatic rings. The van der Waals surface area contributed by atoms with Crippen LogP contribution in [0.4, 0.5) is 5.69 Å². The second-order valence-electron chi connectivity index (χ2n) is 7.21. The Morgan fingerprint density at radius 2 is 1.65 bits per heavy atom. The zero-order chi connectivity index (χ0) is 22.5. The molecule has 0 radical (unpaired) electrons. The quantitative estimate of drug-likeness (QED) is 0.535. The van der Waals surface area contributed by atoms with Crippen LogP contribution in [-0.4, -0.2) is 34.0 Å². The van der Waals surface area contributed by atoms with Gasteiger partial charge in [0, 0.05) is 18.4 Å². The molecule has 0 atom stereocenters. The molecule has 160 valence electrons. The number of nitrogens with two attached hydrogens (primary N) is 1. The zero-order valence-electron chi connectivity index (χ0n) is 17.2. The van der Waals surface area contributed by atoms with Gasteiger partial charge in [0.05, 0.1) is 22.7 Å². The van der Waals surface area contributed by atoms with Crippen LogP contribution in [0.15, 0.2) is 53.3 Å². The summed E-state index contributed by atoms with van der Waals surface area (Å²) >= 11 is 0. The summed E-state index contributed by atoms with van der Waals surface area (Å²) in [7, 11) is 0. The van der Waals surface area contributed by atoms with Crippen molar-refractivity contribution in [1.29, 1.82) is 0 Å². The molecule has 0 fully saturated rings. The van der Waals surface area contributed by atoms with Crippen molar-refractivity contribution >= 4 is 34.2 Å². The van der Waals surface area contributed by atoms with Gasteiger partial charge in [-0.3, -0.25) is 19.2 Å². The Labute approximate surface area is 178 Å². The van der Waals surface area contributed by atoms with Crippen LogP contribution in [0.2, 0.25) is 0 Å². The largest absolute Gasteiger partial charge is 0.370 e. The van der Waals surface area contributed by atoms with Crippen molar-refractivity contribution in [2.45, 2.75) is 26.3 Å². The highest BCUT2D eigenvalue weighted by atomic mass is 16.2. The lowest BCUT2D eigenvalue weighted by Gasteiger charge is -2.15. The van der Waals surface area contributed by atoms with E-state index in [0.29, 0.717) is 10.8 Å². The number of fused-ring (bicyclic) bond motifs is 1. The molecule has 9 heteroatoms. The number of carbonyl (C=O) groups excluding carboxylic acids is 3. The van der Waals surface area contributed by atoms with Gasteiger partial charge >= 0.3 is 0 Å². The molecular formula is C22H23N5O4. The van der Waals surface area contributed by atoms with Gasteiger partial charge in [-0.2, -0.15) is 5.10 Å². The highest BCUT2D eigenvalue weighted by Crippen LogP contribution is 2.19. The highest BCUT2D eigenvalue weighted by Gasteiger charge is 2.20. The number of amides is 3. The number of primary amides is 1. The monoisotopic (exact) mass is 421 g/mol. The molecular weight excluding hydrogens is 398 g/mol. The van der Waals surface area contributed by atoms with Gasteiger partial charge in [0.15, 0.2) is 5.69 Å². The Morgan fingerprint density at radius 1 is 1.00 bits per heavy atom. The molecule has 0 spiro atoms. The predicted molar refractivity (Wildman–Crippen MR) is 117 cm³/mol. The van der Waals surface area contributed by atoms with Gasteiger partial charge in [0.25, 0.3) is 17.4 Å². The van der Waals surface area contributed by atoms with Gasteiger partial charge in [-0.05, 0) is 32.0 Å². The smallest absolute Gasteiger partial charge is 0.276 e. The SMILES string of the molecule is CC(C)n1nc(C(=O)Nc2ccccc2C(=O)NCCC(N)=O)c2ccccc2c1=O. The van der Waals surface area contributed by atoms with Crippen LogP contribution < -0.4 is 21.9 Å². The van der Waals surface area contributed by atoms with Gasteiger partial charge in [-0.15, -0.1) is 0 Å². The lowest BCUT2D eigenvalue weighted by molar-refractivity contribution is -0.117. The van der Waals surface area contributed by atoms with E-state index in [0.717, 1.165) is 0 Å². The van der Waals surface area contributed by atoms with E-state index in [4.69, 9.17) is 5.73 Å². The Bertz CT molecular complexity index is 1220. The van der Waals surface area contributed by atoms with E-state index in [-0.39, 0.29) is 41.5 Å². The van der Waals surface area contributed by atoms with Crippen molar-refractivity contribution in [1.82, 2.24) is 15.1 Å². The summed E-state index contributed by atoms with van der Waals surface area (Å²) < 4.78 is 1.26. The van der Waals surface area contributed by atoms with Crippen LogP contribution in [0.3, 0.4) is 0 Å². The van der Waals surface area contributed by atoms with Crippen molar-refractivity contribution in [3.05, 3.63) is 70.1 Å². The van der Waals surface area contributed by atoms with Crippen molar-refractivity contribution in [3.63, 3.8) is 0 Å². The Hall–Kier alpha value is -4.01. The van der Waals surface area contributed by atoms with Crippen molar-refractivity contribution in [2.75, 3.05) is 11.9 Å². The number of benzene rings is 2. The van der Waals surface area contributed by atoms with Gasteiger partial charge in [0.1, 0.15) is 0 Å². The minimum atomic E-state index is -0.553. The molecule has 3 rings (SSSR count). The maximum absolute atomic E-state index is 13.1. The number of hydrogen-bond donors (Lipinski definition) is 3. The maximum atomic E-state index is 13.1. The Kier molecular flexibility index (Phi) is 6.44. The zero-order valence-corrected chi connectivity index (χ0v) is 17.2. The molecule has 0 bridgehead atoms. The summed E-state index contributed by atoms with van der Waals surface area (Å²) in [5.74, 6) is -1.54. The van der Waals surface area contributed by atoms with E-state index in [1.165, 1.54) is 4.68 Å². The third kappa shape index (κ3) is 4.77. The first-order valence-corrected chi connectivity index (χ1v) is 9.78. The first kappa shape index (κ1) is 21.7. The minimum absolute atomic E-state index is 0.00687. The number of hydrogen-bond acceptors (Lipinski definition) is 5. The van der Waals surface area contributed by atoms with E-state index < -0.39 is 17.7 Å². The number of para-hydroxylation sites is 1. The van der Waals surface area contributed by atoms with Crippen molar-refractivity contribution in [3.8, 4) is 0 Å². The number of rotatable bonds is 7. The lowest BCUT2D eigenvalue weighted by Crippen LogP contribution is -2.30. The van der Waals surface area contributed by atoms with E-state index in [9.17, 15) is 19.2 Å². The molecule has 3 amide bonds. The molecule has 1 aromatic heterocycles. The molecule has 0 aliphatic heterocycles. The molecule has 0 aliphatic rings. The lowest BCUT2D eigenvalue weighted by atomic mass is 10.1. The highest BCUT2D eigenvalue weighted by molar-refractivity contribution is 6.13. The maximum Gasteiger partial charge on any atom is 0.276 e. The van der Waals surface area contributed by atoms with Crippen LogP contribution in [0.25, 0.3) is 10.8 Å². The molecule has 0 aliphatic carbocycles. The normalized spacial score (nSPS) is 10.8. The number of aromatic nitrogens is 2. The topological polar surface area (TPSA) is 136 Å². The first-order chi connectivity index (χ1) is 14.8. The van der Waals surface area contributed by atoms with Crippen molar-refractivity contribution in [2.24, 2.45) is 5.73 Å². The van der Waals surface area contributed by atoms with Gasteiger partial charge in [-0.25, -0.2) is 4.68 Å². The standard InChI is InChI=1S/C22H23N5O4/c1-13(2)27-22(31)15-8-4-3-7-14(15)19(26-27)21(30)25-17-10-6-5-9-16(17)20(29)24-12-11-18(23)28/h3-10,13H,11-12H2,1-2H3,(H2,23,28)(H,24,29)(H,25,30). The molecule has 0 saturated carbocycles. The molecule has 31 heavy (non-hydrogen) atoms. The average molecular weight is 421 g/mol. The van der Waals surface area contributed by atoms with Gasteiger partial charge in [-0.1, -0.05) is 30.3 Å². The Balaban J connectivity index is 1.95. The fourth-order valence-electron chi connectivity index (χ4n) is 3.09. The average Bonchev–Trinajstić information content (AvgIpc) is 2.74.